The highest BCUT2D eigenvalue weighted by atomic mass is 32.2. The van der Waals surface area contributed by atoms with Gasteiger partial charge in [0.15, 0.2) is 0 Å². The van der Waals surface area contributed by atoms with Crippen molar-refractivity contribution in [2.75, 3.05) is 5.75 Å². The third-order valence-electron chi connectivity index (χ3n) is 4.22. The summed E-state index contributed by atoms with van der Waals surface area (Å²) in [6, 6.07) is 13.8. The first-order chi connectivity index (χ1) is 12.8. The number of nitrogens with one attached hydrogen (secondary N) is 1. The van der Waals surface area contributed by atoms with Crippen molar-refractivity contribution < 1.29 is 9.32 Å². The molecule has 0 fully saturated rings. The van der Waals surface area contributed by atoms with Crippen LogP contribution in [0, 0.1) is 0 Å². The SMILES string of the molecule is O=C(CCc1nc(-c2ccccn2)no1)N[C@@H]1CCSc2ccccc21. The summed E-state index contributed by atoms with van der Waals surface area (Å²) in [6.45, 7) is 0. The van der Waals surface area contributed by atoms with Gasteiger partial charge in [0.25, 0.3) is 0 Å². The molecule has 26 heavy (non-hydrogen) atoms. The summed E-state index contributed by atoms with van der Waals surface area (Å²) in [5, 5.41) is 7.06. The molecule has 3 aromatic rings. The van der Waals surface area contributed by atoms with Crippen LogP contribution in [0.4, 0.5) is 0 Å². The Labute approximate surface area is 155 Å². The highest BCUT2D eigenvalue weighted by molar-refractivity contribution is 7.99. The first-order valence-corrected chi connectivity index (χ1v) is 9.53. The Morgan fingerprint density at radius 1 is 1.23 bits per heavy atom. The Bertz CT molecular complexity index is 897. The largest absolute Gasteiger partial charge is 0.349 e. The van der Waals surface area contributed by atoms with Crippen molar-refractivity contribution >= 4 is 17.7 Å². The smallest absolute Gasteiger partial charge is 0.227 e. The molecule has 0 saturated carbocycles. The molecule has 1 aromatic carbocycles. The summed E-state index contributed by atoms with van der Waals surface area (Å²) in [5.74, 6) is 1.90. The van der Waals surface area contributed by atoms with Gasteiger partial charge in [-0.3, -0.25) is 9.78 Å². The molecule has 1 amide bonds. The zero-order valence-electron chi connectivity index (χ0n) is 14.1. The van der Waals surface area contributed by atoms with Crippen LogP contribution in [-0.2, 0) is 11.2 Å². The third kappa shape index (κ3) is 3.77. The molecule has 132 valence electrons. The van der Waals surface area contributed by atoms with Crippen LogP contribution in [0.25, 0.3) is 11.5 Å². The van der Waals surface area contributed by atoms with Crippen LogP contribution in [0.5, 0.6) is 0 Å². The van der Waals surface area contributed by atoms with Gasteiger partial charge in [0, 0.05) is 29.7 Å². The van der Waals surface area contributed by atoms with Crippen LogP contribution in [-0.4, -0.2) is 26.8 Å². The lowest BCUT2D eigenvalue weighted by Gasteiger charge is -2.25. The Balaban J connectivity index is 1.35. The molecule has 3 heterocycles. The number of carbonyl (C=O) groups excluding carboxylic acids is 1. The van der Waals surface area contributed by atoms with Crippen molar-refractivity contribution in [3.8, 4) is 11.5 Å². The molecule has 0 bridgehead atoms. The number of rotatable bonds is 5. The van der Waals surface area contributed by atoms with Gasteiger partial charge in [0.1, 0.15) is 5.69 Å². The zero-order chi connectivity index (χ0) is 17.8. The van der Waals surface area contributed by atoms with Gasteiger partial charge in [-0.15, -0.1) is 11.8 Å². The van der Waals surface area contributed by atoms with Gasteiger partial charge < -0.3 is 9.84 Å². The molecule has 0 spiro atoms. The third-order valence-corrected chi connectivity index (χ3v) is 5.34. The number of thioether (sulfide) groups is 1. The fourth-order valence-corrected chi connectivity index (χ4v) is 4.06. The Kier molecular flexibility index (Phi) is 4.97. The number of fused-ring (bicyclic) bond motifs is 1. The van der Waals surface area contributed by atoms with Crippen molar-refractivity contribution in [1.82, 2.24) is 20.4 Å². The maximum Gasteiger partial charge on any atom is 0.227 e. The van der Waals surface area contributed by atoms with Gasteiger partial charge >= 0.3 is 0 Å². The van der Waals surface area contributed by atoms with Crippen LogP contribution >= 0.6 is 11.8 Å². The molecule has 0 aliphatic carbocycles. The second-order valence-corrected chi connectivity index (χ2v) is 7.16. The van der Waals surface area contributed by atoms with Crippen molar-refractivity contribution in [2.45, 2.75) is 30.2 Å². The van der Waals surface area contributed by atoms with Gasteiger partial charge in [-0.05, 0) is 30.2 Å². The first-order valence-electron chi connectivity index (χ1n) is 8.54. The van der Waals surface area contributed by atoms with Crippen molar-refractivity contribution in [3.63, 3.8) is 0 Å². The van der Waals surface area contributed by atoms with E-state index in [1.54, 1.807) is 6.20 Å². The van der Waals surface area contributed by atoms with Crippen molar-refractivity contribution in [3.05, 3.63) is 60.1 Å². The monoisotopic (exact) mass is 366 g/mol. The minimum Gasteiger partial charge on any atom is -0.349 e. The average Bonchev–Trinajstić information content (AvgIpc) is 3.17. The number of pyridine rings is 1. The lowest BCUT2D eigenvalue weighted by molar-refractivity contribution is -0.121. The second-order valence-electron chi connectivity index (χ2n) is 6.02. The van der Waals surface area contributed by atoms with Gasteiger partial charge in [-0.2, -0.15) is 4.98 Å². The number of benzene rings is 1. The number of nitrogens with zero attached hydrogens (tertiary/aromatic N) is 3. The van der Waals surface area contributed by atoms with Crippen LogP contribution in [0.15, 0.2) is 58.1 Å². The lowest BCUT2D eigenvalue weighted by atomic mass is 10.0. The van der Waals surface area contributed by atoms with Crippen LogP contribution in [0.2, 0.25) is 0 Å². The topological polar surface area (TPSA) is 80.9 Å². The zero-order valence-corrected chi connectivity index (χ0v) is 14.9. The minimum absolute atomic E-state index is 0.00529. The number of carbonyl (C=O) groups is 1. The summed E-state index contributed by atoms with van der Waals surface area (Å²) in [4.78, 5) is 22.1. The molecule has 4 rings (SSSR count). The molecular formula is C19H18N4O2S. The molecule has 0 saturated heterocycles. The number of aromatic nitrogens is 3. The standard InChI is InChI=1S/C19H18N4O2S/c24-17(21-14-10-12-26-16-7-2-1-5-13(14)16)8-9-18-22-19(23-25-18)15-6-3-4-11-20-15/h1-7,11,14H,8-10,12H2,(H,21,24)/t14-/m1/s1. The first kappa shape index (κ1) is 16.8. The predicted molar refractivity (Wildman–Crippen MR) is 98.5 cm³/mol. The second kappa shape index (κ2) is 7.70. The molecule has 1 N–H and O–H groups in total. The molecule has 2 aromatic heterocycles. The maximum atomic E-state index is 12.4. The van der Waals surface area contributed by atoms with E-state index in [9.17, 15) is 4.79 Å². The number of amides is 1. The van der Waals surface area contributed by atoms with Gasteiger partial charge in [0.05, 0.1) is 6.04 Å². The molecule has 1 aliphatic rings. The molecule has 6 nitrogen and oxygen atoms in total. The Morgan fingerprint density at radius 2 is 2.12 bits per heavy atom. The van der Waals surface area contributed by atoms with E-state index in [2.05, 4.69) is 32.6 Å². The molecule has 0 radical (unpaired) electrons. The number of hydrogen-bond acceptors (Lipinski definition) is 6. The van der Waals surface area contributed by atoms with Gasteiger partial charge in [-0.25, -0.2) is 0 Å². The Morgan fingerprint density at radius 3 is 3.00 bits per heavy atom. The van der Waals surface area contributed by atoms with E-state index in [1.165, 1.54) is 10.5 Å². The van der Waals surface area contributed by atoms with E-state index in [0.29, 0.717) is 30.3 Å². The van der Waals surface area contributed by atoms with E-state index >= 15 is 0 Å². The summed E-state index contributed by atoms with van der Waals surface area (Å²) >= 11 is 1.84. The minimum atomic E-state index is -0.00529. The molecular weight excluding hydrogens is 348 g/mol. The van der Waals surface area contributed by atoms with E-state index in [4.69, 9.17) is 4.52 Å². The highest BCUT2D eigenvalue weighted by Gasteiger charge is 2.22. The van der Waals surface area contributed by atoms with Crippen LogP contribution < -0.4 is 5.32 Å². The van der Waals surface area contributed by atoms with E-state index in [0.717, 1.165) is 12.2 Å². The van der Waals surface area contributed by atoms with Crippen LogP contribution in [0.3, 0.4) is 0 Å². The highest BCUT2D eigenvalue weighted by Crippen LogP contribution is 2.35. The average molecular weight is 366 g/mol. The van der Waals surface area contributed by atoms with E-state index in [1.807, 2.05) is 42.1 Å². The maximum absolute atomic E-state index is 12.4. The molecule has 1 atom stereocenters. The molecule has 7 heteroatoms. The summed E-state index contributed by atoms with van der Waals surface area (Å²) in [5.41, 5.74) is 1.86. The van der Waals surface area contributed by atoms with Crippen LogP contribution in [0.1, 0.15) is 30.3 Å². The van der Waals surface area contributed by atoms with Crippen molar-refractivity contribution in [2.24, 2.45) is 0 Å². The lowest BCUT2D eigenvalue weighted by Crippen LogP contribution is -2.30. The number of hydrogen-bond donors (Lipinski definition) is 1. The van der Waals surface area contributed by atoms with E-state index < -0.39 is 0 Å². The predicted octanol–water partition coefficient (Wildman–Crippen LogP) is 3.42. The fraction of sp³-hybridized carbons (Fsp3) is 0.263. The quantitative estimate of drug-likeness (QED) is 0.745. The fourth-order valence-electron chi connectivity index (χ4n) is 2.93. The van der Waals surface area contributed by atoms with E-state index in [-0.39, 0.29) is 11.9 Å². The van der Waals surface area contributed by atoms with Crippen molar-refractivity contribution in [1.29, 1.82) is 0 Å². The summed E-state index contributed by atoms with van der Waals surface area (Å²) in [6.07, 6.45) is 3.35. The van der Waals surface area contributed by atoms with Gasteiger partial charge in [0.2, 0.25) is 17.6 Å². The summed E-state index contributed by atoms with van der Waals surface area (Å²) < 4.78 is 5.23. The molecule has 0 unspecified atom stereocenters. The summed E-state index contributed by atoms with van der Waals surface area (Å²) in [7, 11) is 0. The number of aryl methyl sites for hydroxylation is 1. The Hall–Kier alpha value is -2.67. The molecule has 1 aliphatic heterocycles. The normalized spacial score (nSPS) is 16.1. The van der Waals surface area contributed by atoms with Gasteiger partial charge in [-0.1, -0.05) is 29.4 Å².